The smallest absolute Gasteiger partial charge is 0.308 e. The lowest BCUT2D eigenvalue weighted by Crippen LogP contribution is -2.30. The van der Waals surface area contributed by atoms with Crippen molar-refractivity contribution in [2.45, 2.75) is 19.4 Å². The summed E-state index contributed by atoms with van der Waals surface area (Å²) in [7, 11) is 1.63. The molecule has 1 aliphatic heterocycles. The summed E-state index contributed by atoms with van der Waals surface area (Å²) in [6.07, 6.45) is 0.736. The maximum absolute atomic E-state index is 10.9. The third kappa shape index (κ3) is 1.83. The number of anilines is 1. The zero-order valence-electron chi connectivity index (χ0n) is 9.36. The van der Waals surface area contributed by atoms with Crippen molar-refractivity contribution in [1.82, 2.24) is 0 Å². The Labute approximate surface area is 94.2 Å². The van der Waals surface area contributed by atoms with E-state index in [9.17, 15) is 4.79 Å². The van der Waals surface area contributed by atoms with E-state index in [1.165, 1.54) is 0 Å². The molecule has 2 atom stereocenters. The Kier molecular flexibility index (Phi) is 2.73. The van der Waals surface area contributed by atoms with Gasteiger partial charge in [-0.1, -0.05) is 0 Å². The number of nitrogens with one attached hydrogen (secondary N) is 1. The average Bonchev–Trinajstić information content (AvgIpc) is 2.69. The maximum atomic E-state index is 10.9. The molecule has 0 saturated heterocycles. The molecule has 1 aromatic rings. The second-order valence-electron chi connectivity index (χ2n) is 4.10. The van der Waals surface area contributed by atoms with Crippen molar-refractivity contribution < 1.29 is 14.6 Å². The highest BCUT2D eigenvalue weighted by atomic mass is 16.5. The first-order chi connectivity index (χ1) is 7.61. The molecule has 0 spiro atoms. The van der Waals surface area contributed by atoms with Crippen molar-refractivity contribution in [2.75, 3.05) is 12.4 Å². The van der Waals surface area contributed by atoms with Gasteiger partial charge in [-0.25, -0.2) is 0 Å². The minimum absolute atomic E-state index is 0.0281. The normalized spacial score (nSPS) is 19.8. The van der Waals surface area contributed by atoms with Gasteiger partial charge in [0.05, 0.1) is 13.0 Å². The first-order valence-electron chi connectivity index (χ1n) is 5.28. The van der Waals surface area contributed by atoms with Crippen LogP contribution in [0.15, 0.2) is 18.2 Å². The summed E-state index contributed by atoms with van der Waals surface area (Å²) in [5.74, 6) is -0.347. The standard InChI is InChI=1S/C12H15NO3/c1-7(12(14)15)11-6-8-5-9(16-2)3-4-10(8)13-11/h3-5,7,11,13H,6H2,1-2H3,(H,14,15). The molecule has 4 heteroatoms. The first kappa shape index (κ1) is 10.8. The molecule has 0 amide bonds. The summed E-state index contributed by atoms with van der Waals surface area (Å²) >= 11 is 0. The molecule has 0 bridgehead atoms. The van der Waals surface area contributed by atoms with Crippen molar-refractivity contribution in [3.05, 3.63) is 23.8 Å². The van der Waals surface area contributed by atoms with Gasteiger partial charge in [0, 0.05) is 11.7 Å². The fourth-order valence-corrected chi connectivity index (χ4v) is 1.97. The van der Waals surface area contributed by atoms with Crippen LogP contribution in [0.3, 0.4) is 0 Å². The lowest BCUT2D eigenvalue weighted by molar-refractivity contribution is -0.141. The van der Waals surface area contributed by atoms with E-state index >= 15 is 0 Å². The van der Waals surface area contributed by atoms with E-state index in [0.29, 0.717) is 0 Å². The van der Waals surface area contributed by atoms with Gasteiger partial charge in [0.1, 0.15) is 5.75 Å². The molecule has 86 valence electrons. The molecule has 1 heterocycles. The van der Waals surface area contributed by atoms with Gasteiger partial charge in [0.2, 0.25) is 0 Å². The summed E-state index contributed by atoms with van der Waals surface area (Å²) in [6.45, 7) is 1.73. The molecule has 1 aromatic carbocycles. The van der Waals surface area contributed by atoms with Crippen molar-refractivity contribution in [1.29, 1.82) is 0 Å². The summed E-state index contributed by atoms with van der Waals surface area (Å²) in [6, 6.07) is 5.74. The van der Waals surface area contributed by atoms with Crippen LogP contribution in [-0.4, -0.2) is 24.2 Å². The molecule has 0 saturated carbocycles. The van der Waals surface area contributed by atoms with Gasteiger partial charge < -0.3 is 15.2 Å². The fraction of sp³-hybridized carbons (Fsp3) is 0.417. The molecule has 0 radical (unpaired) electrons. The molecule has 2 rings (SSSR count). The minimum Gasteiger partial charge on any atom is -0.497 e. The van der Waals surface area contributed by atoms with Gasteiger partial charge in [-0.05, 0) is 37.1 Å². The number of fused-ring (bicyclic) bond motifs is 1. The molecule has 1 aliphatic rings. The van der Waals surface area contributed by atoms with Crippen LogP contribution in [0.4, 0.5) is 5.69 Å². The van der Waals surface area contributed by atoms with E-state index in [1.54, 1.807) is 14.0 Å². The molecule has 0 aromatic heterocycles. The predicted octanol–water partition coefficient (Wildman–Crippen LogP) is 1.75. The number of carboxylic acid groups (broad SMARTS) is 1. The van der Waals surface area contributed by atoms with Gasteiger partial charge in [-0.3, -0.25) is 4.79 Å². The topological polar surface area (TPSA) is 58.6 Å². The largest absolute Gasteiger partial charge is 0.497 e. The van der Waals surface area contributed by atoms with Crippen molar-refractivity contribution >= 4 is 11.7 Å². The van der Waals surface area contributed by atoms with Crippen LogP contribution in [0.25, 0.3) is 0 Å². The Morgan fingerprint density at radius 3 is 3.00 bits per heavy atom. The number of ether oxygens (including phenoxy) is 1. The van der Waals surface area contributed by atoms with Gasteiger partial charge in [-0.15, -0.1) is 0 Å². The Hall–Kier alpha value is -1.71. The lowest BCUT2D eigenvalue weighted by atomic mass is 9.99. The van der Waals surface area contributed by atoms with Crippen LogP contribution >= 0.6 is 0 Å². The van der Waals surface area contributed by atoms with Crippen molar-refractivity contribution in [3.8, 4) is 5.75 Å². The Morgan fingerprint density at radius 2 is 2.38 bits per heavy atom. The highest BCUT2D eigenvalue weighted by Crippen LogP contribution is 2.31. The van der Waals surface area contributed by atoms with Gasteiger partial charge in [0.15, 0.2) is 0 Å². The second kappa shape index (κ2) is 4.04. The van der Waals surface area contributed by atoms with Gasteiger partial charge in [0.25, 0.3) is 0 Å². The average molecular weight is 221 g/mol. The fourth-order valence-electron chi connectivity index (χ4n) is 1.97. The van der Waals surface area contributed by atoms with Crippen LogP contribution in [0.1, 0.15) is 12.5 Å². The Bertz CT molecular complexity index is 417. The van der Waals surface area contributed by atoms with Crippen LogP contribution in [0.2, 0.25) is 0 Å². The lowest BCUT2D eigenvalue weighted by Gasteiger charge is -2.15. The molecule has 2 unspecified atom stereocenters. The van der Waals surface area contributed by atoms with E-state index in [2.05, 4.69) is 5.32 Å². The molecule has 4 nitrogen and oxygen atoms in total. The Balaban J connectivity index is 2.17. The van der Waals surface area contributed by atoms with E-state index < -0.39 is 11.9 Å². The highest BCUT2D eigenvalue weighted by molar-refractivity contribution is 5.72. The zero-order chi connectivity index (χ0) is 11.7. The van der Waals surface area contributed by atoms with E-state index in [0.717, 1.165) is 23.4 Å². The number of aliphatic carboxylic acids is 1. The van der Waals surface area contributed by atoms with Gasteiger partial charge in [-0.2, -0.15) is 0 Å². The number of hydrogen-bond donors (Lipinski definition) is 2. The monoisotopic (exact) mass is 221 g/mol. The van der Waals surface area contributed by atoms with E-state index in [1.807, 2.05) is 18.2 Å². The molecular formula is C12H15NO3. The van der Waals surface area contributed by atoms with Crippen LogP contribution in [0, 0.1) is 5.92 Å². The second-order valence-corrected chi connectivity index (χ2v) is 4.10. The third-order valence-electron chi connectivity index (χ3n) is 3.09. The summed E-state index contributed by atoms with van der Waals surface area (Å²) in [5, 5.41) is 12.2. The number of benzene rings is 1. The van der Waals surface area contributed by atoms with E-state index in [4.69, 9.17) is 9.84 Å². The number of carbonyl (C=O) groups is 1. The summed E-state index contributed by atoms with van der Waals surface area (Å²) in [5.41, 5.74) is 2.14. The Morgan fingerprint density at radius 1 is 1.62 bits per heavy atom. The van der Waals surface area contributed by atoms with E-state index in [-0.39, 0.29) is 6.04 Å². The quantitative estimate of drug-likeness (QED) is 0.816. The molecular weight excluding hydrogens is 206 g/mol. The summed E-state index contributed by atoms with van der Waals surface area (Å²) in [4.78, 5) is 10.9. The maximum Gasteiger partial charge on any atom is 0.308 e. The van der Waals surface area contributed by atoms with Crippen LogP contribution < -0.4 is 10.1 Å². The third-order valence-corrected chi connectivity index (χ3v) is 3.09. The molecule has 0 aliphatic carbocycles. The summed E-state index contributed by atoms with van der Waals surface area (Å²) < 4.78 is 5.14. The zero-order valence-corrected chi connectivity index (χ0v) is 9.36. The number of hydrogen-bond acceptors (Lipinski definition) is 3. The first-order valence-corrected chi connectivity index (χ1v) is 5.28. The number of carboxylic acids is 1. The molecule has 0 fully saturated rings. The van der Waals surface area contributed by atoms with Crippen LogP contribution in [-0.2, 0) is 11.2 Å². The number of rotatable bonds is 3. The number of methoxy groups -OCH3 is 1. The highest BCUT2D eigenvalue weighted by Gasteiger charge is 2.29. The van der Waals surface area contributed by atoms with Crippen LogP contribution in [0.5, 0.6) is 5.75 Å². The minimum atomic E-state index is -0.766. The SMILES string of the molecule is COc1ccc2c(c1)CC(C(C)C(=O)O)N2. The molecule has 2 N–H and O–H groups in total. The predicted molar refractivity (Wildman–Crippen MR) is 60.9 cm³/mol. The van der Waals surface area contributed by atoms with Crippen molar-refractivity contribution in [3.63, 3.8) is 0 Å². The molecule has 16 heavy (non-hydrogen) atoms. The van der Waals surface area contributed by atoms with Crippen molar-refractivity contribution in [2.24, 2.45) is 5.92 Å². The van der Waals surface area contributed by atoms with Gasteiger partial charge >= 0.3 is 5.97 Å².